The van der Waals surface area contributed by atoms with Crippen LogP contribution in [0.3, 0.4) is 0 Å². The first-order chi connectivity index (χ1) is 13.9. The van der Waals surface area contributed by atoms with Crippen molar-refractivity contribution in [1.29, 1.82) is 0 Å². The first-order valence-corrected chi connectivity index (χ1v) is 11.8. The molecule has 0 spiro atoms. The summed E-state index contributed by atoms with van der Waals surface area (Å²) in [6, 6.07) is 6.07. The molecule has 0 radical (unpaired) electrons. The van der Waals surface area contributed by atoms with E-state index in [2.05, 4.69) is 27.8 Å². The van der Waals surface area contributed by atoms with Gasteiger partial charge >= 0.3 is 0 Å². The molecule has 0 fully saturated rings. The molecule has 1 unspecified atom stereocenters. The first-order valence-electron chi connectivity index (χ1n) is 9.91. The summed E-state index contributed by atoms with van der Waals surface area (Å²) in [7, 11) is 1.98. The minimum absolute atomic E-state index is 0.0323. The van der Waals surface area contributed by atoms with E-state index in [1.807, 2.05) is 55.0 Å². The van der Waals surface area contributed by atoms with Crippen molar-refractivity contribution in [2.45, 2.75) is 45.2 Å². The van der Waals surface area contributed by atoms with Gasteiger partial charge in [0.2, 0.25) is 5.91 Å². The third-order valence-electron chi connectivity index (χ3n) is 5.48. The normalized spacial score (nSPS) is 15.9. The Balaban J connectivity index is 1.44. The van der Waals surface area contributed by atoms with Gasteiger partial charge in [0, 0.05) is 28.6 Å². The summed E-state index contributed by atoms with van der Waals surface area (Å²) >= 11 is 3.26. The number of thioether (sulfide) groups is 1. The van der Waals surface area contributed by atoms with Crippen LogP contribution in [-0.4, -0.2) is 26.4 Å². The lowest BCUT2D eigenvalue weighted by Gasteiger charge is -2.18. The predicted octanol–water partition coefficient (Wildman–Crippen LogP) is 5.02. The highest BCUT2D eigenvalue weighted by atomic mass is 32.2. The Morgan fingerprint density at radius 2 is 2.17 bits per heavy atom. The number of aryl methyl sites for hydroxylation is 2. The molecule has 29 heavy (non-hydrogen) atoms. The van der Waals surface area contributed by atoms with E-state index in [-0.39, 0.29) is 5.91 Å². The van der Waals surface area contributed by atoms with E-state index in [9.17, 15) is 4.79 Å². The minimum Gasteiger partial charge on any atom is -0.325 e. The van der Waals surface area contributed by atoms with E-state index in [0.717, 1.165) is 46.6 Å². The Morgan fingerprint density at radius 3 is 3.00 bits per heavy atom. The van der Waals surface area contributed by atoms with Crippen LogP contribution in [0.2, 0.25) is 0 Å². The van der Waals surface area contributed by atoms with Crippen LogP contribution in [0.5, 0.6) is 0 Å². The monoisotopic (exact) mass is 426 g/mol. The van der Waals surface area contributed by atoms with Gasteiger partial charge in [-0.2, -0.15) is 0 Å². The number of rotatable bonds is 5. The summed E-state index contributed by atoms with van der Waals surface area (Å²) < 4.78 is 2.01. The molecule has 0 saturated carbocycles. The van der Waals surface area contributed by atoms with Gasteiger partial charge in [-0.05, 0) is 61.8 Å². The van der Waals surface area contributed by atoms with Gasteiger partial charge in [0.1, 0.15) is 0 Å². The van der Waals surface area contributed by atoms with E-state index < -0.39 is 0 Å². The molecule has 0 bridgehead atoms. The fourth-order valence-corrected chi connectivity index (χ4v) is 5.68. The van der Waals surface area contributed by atoms with Gasteiger partial charge in [0.25, 0.3) is 0 Å². The fraction of sp³-hybridized carbons (Fsp3) is 0.409. The molecule has 4 rings (SSSR count). The molecule has 1 aliphatic rings. The Bertz CT molecular complexity index is 1050. The van der Waals surface area contributed by atoms with E-state index in [4.69, 9.17) is 0 Å². The van der Waals surface area contributed by atoms with Crippen molar-refractivity contribution in [1.82, 2.24) is 14.8 Å². The summed E-state index contributed by atoms with van der Waals surface area (Å²) in [4.78, 5) is 13.9. The highest BCUT2D eigenvalue weighted by Gasteiger charge is 2.23. The maximum absolute atomic E-state index is 12.4. The smallest absolute Gasteiger partial charge is 0.234 e. The highest BCUT2D eigenvalue weighted by Crippen LogP contribution is 2.38. The van der Waals surface area contributed by atoms with Crippen LogP contribution >= 0.6 is 23.1 Å². The zero-order chi connectivity index (χ0) is 20.5. The standard InChI is InChI=1S/C22H26N4OS2/c1-13-5-7-15(3)18(9-13)23-20(27)12-29-22-25-24-21(26(22)4)17-11-28-19-10-14(2)6-8-16(17)19/h5,7,9,11,14H,6,8,10,12H2,1-4H3,(H,23,27). The van der Waals surface area contributed by atoms with Gasteiger partial charge in [-0.25, -0.2) is 0 Å². The van der Waals surface area contributed by atoms with Crippen molar-refractivity contribution in [2.24, 2.45) is 13.0 Å². The molecular formula is C22H26N4OS2. The number of anilines is 1. The summed E-state index contributed by atoms with van der Waals surface area (Å²) in [5.74, 6) is 1.93. The molecule has 1 N–H and O–H groups in total. The number of thiophene rings is 1. The van der Waals surface area contributed by atoms with Gasteiger partial charge in [0.05, 0.1) is 5.75 Å². The number of nitrogens with zero attached hydrogens (tertiary/aromatic N) is 3. The molecule has 152 valence electrons. The van der Waals surface area contributed by atoms with Gasteiger partial charge in [-0.1, -0.05) is 30.8 Å². The number of hydrogen-bond donors (Lipinski definition) is 1. The van der Waals surface area contributed by atoms with Crippen molar-refractivity contribution in [2.75, 3.05) is 11.1 Å². The molecule has 0 saturated heterocycles. The van der Waals surface area contributed by atoms with Crippen LogP contribution in [0.1, 0.15) is 34.9 Å². The molecule has 7 heteroatoms. The Kier molecular flexibility index (Phi) is 5.79. The lowest BCUT2D eigenvalue weighted by Crippen LogP contribution is -2.15. The lowest BCUT2D eigenvalue weighted by molar-refractivity contribution is -0.113. The number of hydrogen-bond acceptors (Lipinski definition) is 5. The predicted molar refractivity (Wildman–Crippen MR) is 121 cm³/mol. The molecule has 3 aromatic rings. The van der Waals surface area contributed by atoms with Crippen LogP contribution < -0.4 is 5.32 Å². The Labute approximate surface area is 179 Å². The summed E-state index contributed by atoms with van der Waals surface area (Å²) in [5, 5.41) is 14.8. The van der Waals surface area contributed by atoms with Crippen molar-refractivity contribution in [3.05, 3.63) is 45.1 Å². The summed E-state index contributed by atoms with van der Waals surface area (Å²) in [6.07, 6.45) is 3.51. The molecule has 2 aromatic heterocycles. The van der Waals surface area contributed by atoms with E-state index >= 15 is 0 Å². The first kappa shape index (κ1) is 20.2. The van der Waals surface area contributed by atoms with Crippen LogP contribution in [0.4, 0.5) is 5.69 Å². The molecule has 1 aliphatic carbocycles. The summed E-state index contributed by atoms with van der Waals surface area (Å²) in [6.45, 7) is 6.34. The quantitative estimate of drug-likeness (QED) is 0.582. The number of carbonyl (C=O) groups is 1. The zero-order valence-electron chi connectivity index (χ0n) is 17.3. The van der Waals surface area contributed by atoms with Gasteiger partial charge in [-0.15, -0.1) is 21.5 Å². The highest BCUT2D eigenvalue weighted by molar-refractivity contribution is 7.99. The van der Waals surface area contributed by atoms with Gasteiger partial charge in [-0.3, -0.25) is 4.79 Å². The largest absolute Gasteiger partial charge is 0.325 e. The minimum atomic E-state index is -0.0323. The van der Waals surface area contributed by atoms with Crippen molar-refractivity contribution < 1.29 is 4.79 Å². The van der Waals surface area contributed by atoms with Gasteiger partial charge < -0.3 is 9.88 Å². The number of nitrogens with one attached hydrogen (secondary N) is 1. The Hall–Kier alpha value is -2.12. The number of aromatic nitrogens is 3. The number of fused-ring (bicyclic) bond motifs is 1. The van der Waals surface area contributed by atoms with Crippen molar-refractivity contribution in [3.63, 3.8) is 0 Å². The van der Waals surface area contributed by atoms with Crippen molar-refractivity contribution >= 4 is 34.7 Å². The van der Waals surface area contributed by atoms with Crippen molar-refractivity contribution in [3.8, 4) is 11.4 Å². The third-order valence-corrected chi connectivity index (χ3v) is 7.55. The second kappa shape index (κ2) is 8.32. The molecule has 5 nitrogen and oxygen atoms in total. The molecule has 1 amide bonds. The maximum Gasteiger partial charge on any atom is 0.234 e. The molecular weight excluding hydrogens is 400 g/mol. The molecule has 1 aromatic carbocycles. The van der Waals surface area contributed by atoms with Crippen LogP contribution in [-0.2, 0) is 24.7 Å². The SMILES string of the molecule is Cc1ccc(C)c(NC(=O)CSc2nnc(-c3csc4c3CCC(C)C4)n2C)c1. The fourth-order valence-electron chi connectivity index (χ4n) is 3.73. The van der Waals surface area contributed by atoms with Crippen LogP contribution in [0.25, 0.3) is 11.4 Å². The van der Waals surface area contributed by atoms with E-state index in [0.29, 0.717) is 5.75 Å². The lowest BCUT2D eigenvalue weighted by atomic mass is 9.88. The van der Waals surface area contributed by atoms with Crippen LogP contribution in [0, 0.1) is 19.8 Å². The Morgan fingerprint density at radius 1 is 1.34 bits per heavy atom. The second-order valence-corrected chi connectivity index (χ2v) is 9.83. The second-order valence-electron chi connectivity index (χ2n) is 7.92. The maximum atomic E-state index is 12.4. The number of benzene rings is 1. The molecule has 2 heterocycles. The zero-order valence-corrected chi connectivity index (χ0v) is 18.9. The average Bonchev–Trinajstić information content (AvgIpc) is 3.25. The van der Waals surface area contributed by atoms with Gasteiger partial charge in [0.15, 0.2) is 11.0 Å². The topological polar surface area (TPSA) is 59.8 Å². The molecule has 1 atom stereocenters. The number of amides is 1. The van der Waals surface area contributed by atoms with Crippen LogP contribution in [0.15, 0.2) is 28.7 Å². The van der Waals surface area contributed by atoms with E-state index in [1.165, 1.54) is 34.2 Å². The molecule has 0 aliphatic heterocycles. The van der Waals surface area contributed by atoms with E-state index in [1.54, 1.807) is 0 Å². The summed E-state index contributed by atoms with van der Waals surface area (Å²) in [5.41, 5.74) is 5.70. The average molecular weight is 427 g/mol. The number of carbonyl (C=O) groups excluding carboxylic acids is 1. The third kappa shape index (κ3) is 4.26.